The highest BCUT2D eigenvalue weighted by atomic mass is 16.2. The van der Waals surface area contributed by atoms with Crippen LogP contribution in [-0.4, -0.2) is 34.9 Å². The van der Waals surface area contributed by atoms with Crippen LogP contribution in [0.4, 0.5) is 0 Å². The van der Waals surface area contributed by atoms with Gasteiger partial charge in [0.15, 0.2) is 0 Å². The van der Waals surface area contributed by atoms with Crippen molar-refractivity contribution >= 4 is 11.8 Å². The van der Waals surface area contributed by atoms with Crippen LogP contribution in [-0.2, 0) is 16.0 Å². The Labute approximate surface area is 137 Å². The largest absolute Gasteiger partial charge is 0.356 e. The fourth-order valence-electron chi connectivity index (χ4n) is 3.59. The first-order chi connectivity index (χ1) is 10.8. The fourth-order valence-corrected chi connectivity index (χ4v) is 3.59. The zero-order valence-corrected chi connectivity index (χ0v) is 14.5. The molecule has 0 spiro atoms. The van der Waals surface area contributed by atoms with Crippen molar-refractivity contribution in [2.45, 2.75) is 47.0 Å². The van der Waals surface area contributed by atoms with Gasteiger partial charge in [-0.3, -0.25) is 9.59 Å². The van der Waals surface area contributed by atoms with E-state index in [0.717, 1.165) is 25.0 Å². The number of carbonyl (C=O) groups excluding carboxylic acids is 2. The Hall–Kier alpha value is -1.85. The molecule has 3 N–H and O–H groups in total. The number of imidazole rings is 1. The Kier molecular flexibility index (Phi) is 5.12. The van der Waals surface area contributed by atoms with Crippen molar-refractivity contribution < 1.29 is 9.59 Å². The highest BCUT2D eigenvalue weighted by Crippen LogP contribution is 2.56. The summed E-state index contributed by atoms with van der Waals surface area (Å²) >= 11 is 0. The number of rotatable bonds is 6. The SMILES string of the molecule is CCNC(=O)[C@H]1CC[C@@](C)(C(=O)NCCc2cnc[nH]2)C1(C)C. The van der Waals surface area contributed by atoms with Gasteiger partial charge in [-0.2, -0.15) is 0 Å². The smallest absolute Gasteiger partial charge is 0.226 e. The van der Waals surface area contributed by atoms with Crippen LogP contribution >= 0.6 is 0 Å². The van der Waals surface area contributed by atoms with Crippen LogP contribution in [0.5, 0.6) is 0 Å². The molecule has 1 aromatic rings. The van der Waals surface area contributed by atoms with E-state index < -0.39 is 5.41 Å². The van der Waals surface area contributed by atoms with E-state index in [-0.39, 0.29) is 23.1 Å². The minimum Gasteiger partial charge on any atom is -0.356 e. The van der Waals surface area contributed by atoms with Crippen molar-refractivity contribution in [3.8, 4) is 0 Å². The second-order valence-corrected chi connectivity index (χ2v) is 7.12. The van der Waals surface area contributed by atoms with Gasteiger partial charge in [0.2, 0.25) is 11.8 Å². The summed E-state index contributed by atoms with van der Waals surface area (Å²) in [7, 11) is 0. The standard InChI is InChI=1S/C17H28N4O2/c1-5-19-14(22)13-6-8-17(4,16(13,2)3)15(23)20-9-7-12-10-18-11-21-12/h10-11,13H,5-9H2,1-4H3,(H,18,21)(H,19,22)(H,20,23)/t13-,17+/m1/s1. The molecule has 2 atom stereocenters. The first-order valence-corrected chi connectivity index (χ1v) is 8.36. The van der Waals surface area contributed by atoms with Crippen molar-refractivity contribution in [3.63, 3.8) is 0 Å². The maximum atomic E-state index is 12.8. The maximum Gasteiger partial charge on any atom is 0.226 e. The summed E-state index contributed by atoms with van der Waals surface area (Å²) in [4.78, 5) is 32.1. The van der Waals surface area contributed by atoms with Gasteiger partial charge in [0.05, 0.1) is 11.7 Å². The number of aromatic amines is 1. The molecule has 0 radical (unpaired) electrons. The zero-order chi connectivity index (χ0) is 17.1. The topological polar surface area (TPSA) is 86.9 Å². The van der Waals surface area contributed by atoms with Gasteiger partial charge in [0.1, 0.15) is 0 Å². The lowest BCUT2D eigenvalue weighted by Crippen LogP contribution is -2.49. The third-order valence-corrected chi connectivity index (χ3v) is 5.63. The van der Waals surface area contributed by atoms with E-state index in [1.165, 1.54) is 0 Å². The fraction of sp³-hybridized carbons (Fsp3) is 0.706. The quantitative estimate of drug-likeness (QED) is 0.745. The molecule has 1 aliphatic rings. The Morgan fingerprint density at radius 2 is 2.09 bits per heavy atom. The average molecular weight is 320 g/mol. The van der Waals surface area contributed by atoms with Crippen LogP contribution in [0, 0.1) is 16.7 Å². The van der Waals surface area contributed by atoms with Gasteiger partial charge in [-0.1, -0.05) is 20.8 Å². The van der Waals surface area contributed by atoms with E-state index in [4.69, 9.17) is 0 Å². The molecule has 2 amide bonds. The lowest BCUT2D eigenvalue weighted by atomic mass is 9.65. The molecule has 0 aliphatic heterocycles. The molecule has 1 heterocycles. The molecule has 23 heavy (non-hydrogen) atoms. The molecule has 6 heteroatoms. The summed E-state index contributed by atoms with van der Waals surface area (Å²) in [5.74, 6) is -0.0221. The van der Waals surface area contributed by atoms with Crippen molar-refractivity contribution in [2.24, 2.45) is 16.7 Å². The van der Waals surface area contributed by atoms with E-state index in [9.17, 15) is 9.59 Å². The maximum absolute atomic E-state index is 12.8. The van der Waals surface area contributed by atoms with E-state index in [0.29, 0.717) is 13.1 Å². The zero-order valence-electron chi connectivity index (χ0n) is 14.5. The number of H-pyrrole nitrogens is 1. The highest BCUT2D eigenvalue weighted by molar-refractivity contribution is 5.87. The van der Waals surface area contributed by atoms with E-state index in [1.807, 2.05) is 27.7 Å². The second kappa shape index (κ2) is 6.72. The molecule has 0 unspecified atom stereocenters. The number of nitrogens with one attached hydrogen (secondary N) is 3. The summed E-state index contributed by atoms with van der Waals surface area (Å²) in [5.41, 5.74) is 0.0995. The normalized spacial score (nSPS) is 26.0. The summed E-state index contributed by atoms with van der Waals surface area (Å²) in [6.07, 6.45) is 5.61. The van der Waals surface area contributed by atoms with Crippen LogP contribution in [0.3, 0.4) is 0 Å². The summed E-state index contributed by atoms with van der Waals surface area (Å²) in [6.45, 7) is 9.17. The van der Waals surface area contributed by atoms with Crippen LogP contribution in [0.1, 0.15) is 46.2 Å². The predicted molar refractivity (Wildman–Crippen MR) is 88.6 cm³/mol. The predicted octanol–water partition coefficient (Wildman–Crippen LogP) is 1.65. The van der Waals surface area contributed by atoms with E-state index in [1.54, 1.807) is 12.5 Å². The Morgan fingerprint density at radius 1 is 1.35 bits per heavy atom. The molecule has 1 saturated carbocycles. The molecule has 0 saturated heterocycles. The van der Waals surface area contributed by atoms with Crippen LogP contribution in [0.15, 0.2) is 12.5 Å². The monoisotopic (exact) mass is 320 g/mol. The van der Waals surface area contributed by atoms with E-state index in [2.05, 4.69) is 20.6 Å². The molecular weight excluding hydrogens is 292 g/mol. The van der Waals surface area contributed by atoms with Crippen molar-refractivity contribution in [3.05, 3.63) is 18.2 Å². The van der Waals surface area contributed by atoms with Gasteiger partial charge in [0, 0.05) is 37.3 Å². The van der Waals surface area contributed by atoms with E-state index >= 15 is 0 Å². The number of hydrogen-bond acceptors (Lipinski definition) is 3. The minimum absolute atomic E-state index is 0.0359. The third kappa shape index (κ3) is 3.26. The van der Waals surface area contributed by atoms with Gasteiger partial charge in [0.25, 0.3) is 0 Å². The number of hydrogen-bond donors (Lipinski definition) is 3. The molecule has 0 bridgehead atoms. The molecule has 1 aromatic heterocycles. The minimum atomic E-state index is -0.531. The molecule has 6 nitrogen and oxygen atoms in total. The van der Waals surface area contributed by atoms with Crippen LogP contribution in [0.25, 0.3) is 0 Å². The number of nitrogens with zero attached hydrogens (tertiary/aromatic N) is 1. The highest BCUT2D eigenvalue weighted by Gasteiger charge is 2.57. The molecular formula is C17H28N4O2. The van der Waals surface area contributed by atoms with Gasteiger partial charge >= 0.3 is 0 Å². The summed E-state index contributed by atoms with van der Waals surface area (Å²) in [5, 5.41) is 5.93. The van der Waals surface area contributed by atoms with Crippen molar-refractivity contribution in [1.29, 1.82) is 0 Å². The first kappa shape index (κ1) is 17.5. The number of carbonyl (C=O) groups is 2. The molecule has 1 aliphatic carbocycles. The lowest BCUT2D eigenvalue weighted by molar-refractivity contribution is -0.138. The summed E-state index contributed by atoms with van der Waals surface area (Å²) < 4.78 is 0. The van der Waals surface area contributed by atoms with Gasteiger partial charge in [-0.25, -0.2) is 4.98 Å². The van der Waals surface area contributed by atoms with Gasteiger partial charge in [-0.15, -0.1) is 0 Å². The molecule has 2 rings (SSSR count). The number of aromatic nitrogens is 2. The van der Waals surface area contributed by atoms with Gasteiger partial charge in [-0.05, 0) is 25.2 Å². The summed E-state index contributed by atoms with van der Waals surface area (Å²) in [6, 6.07) is 0. The van der Waals surface area contributed by atoms with Crippen molar-refractivity contribution in [1.82, 2.24) is 20.6 Å². The van der Waals surface area contributed by atoms with Crippen LogP contribution < -0.4 is 10.6 Å². The lowest BCUT2D eigenvalue weighted by Gasteiger charge is -2.39. The molecule has 1 fully saturated rings. The number of amides is 2. The Balaban J connectivity index is 1.99. The first-order valence-electron chi connectivity index (χ1n) is 8.36. The second-order valence-electron chi connectivity index (χ2n) is 7.12. The third-order valence-electron chi connectivity index (χ3n) is 5.63. The van der Waals surface area contributed by atoms with Crippen molar-refractivity contribution in [2.75, 3.05) is 13.1 Å². The van der Waals surface area contributed by atoms with Gasteiger partial charge < -0.3 is 15.6 Å². The Bertz CT molecular complexity index is 553. The molecule has 128 valence electrons. The average Bonchev–Trinajstić information content (AvgIpc) is 3.07. The Morgan fingerprint density at radius 3 is 2.70 bits per heavy atom. The molecule has 0 aromatic carbocycles. The van der Waals surface area contributed by atoms with Crippen LogP contribution in [0.2, 0.25) is 0 Å².